The van der Waals surface area contributed by atoms with Crippen LogP contribution in [0.1, 0.15) is 16.7 Å². The van der Waals surface area contributed by atoms with Crippen LogP contribution in [0.15, 0.2) is 67.3 Å². The molecule has 23 heavy (non-hydrogen) atoms. The van der Waals surface area contributed by atoms with Gasteiger partial charge in [0.2, 0.25) is 10.0 Å². The summed E-state index contributed by atoms with van der Waals surface area (Å²) in [7, 11) is -3.37. The average molecular weight is 329 g/mol. The minimum Gasteiger partial charge on any atom is -0.212 e. The predicted octanol–water partition coefficient (Wildman–Crippen LogP) is 3.56. The fraction of sp³-hybridized carbons (Fsp3) is 0.263. The van der Waals surface area contributed by atoms with Gasteiger partial charge in [-0.3, -0.25) is 0 Å². The van der Waals surface area contributed by atoms with Crippen molar-refractivity contribution in [1.29, 1.82) is 0 Å². The van der Waals surface area contributed by atoms with E-state index >= 15 is 0 Å². The lowest BCUT2D eigenvalue weighted by atomic mass is 10.1. The molecule has 4 heteroatoms. The van der Waals surface area contributed by atoms with Crippen molar-refractivity contribution in [3.8, 4) is 0 Å². The van der Waals surface area contributed by atoms with Gasteiger partial charge in [0.05, 0.1) is 5.75 Å². The second-order valence-corrected chi connectivity index (χ2v) is 7.53. The van der Waals surface area contributed by atoms with Crippen LogP contribution in [0.4, 0.5) is 0 Å². The SMILES string of the molecule is C=CCN(CCc1ccccc1)S(=O)(=O)Cc1ccccc1C. The van der Waals surface area contributed by atoms with Gasteiger partial charge >= 0.3 is 0 Å². The summed E-state index contributed by atoms with van der Waals surface area (Å²) in [6, 6.07) is 17.5. The summed E-state index contributed by atoms with van der Waals surface area (Å²) >= 11 is 0. The Morgan fingerprint density at radius 2 is 1.70 bits per heavy atom. The maximum atomic E-state index is 12.7. The third-order valence-electron chi connectivity index (χ3n) is 3.82. The summed E-state index contributed by atoms with van der Waals surface area (Å²) in [5.74, 6) is 0.0301. The molecule has 0 aliphatic rings. The highest BCUT2D eigenvalue weighted by Crippen LogP contribution is 2.15. The van der Waals surface area contributed by atoms with E-state index in [9.17, 15) is 8.42 Å². The summed E-state index contributed by atoms with van der Waals surface area (Å²) in [4.78, 5) is 0. The molecule has 0 N–H and O–H groups in total. The fourth-order valence-electron chi connectivity index (χ4n) is 2.45. The van der Waals surface area contributed by atoms with E-state index in [-0.39, 0.29) is 5.75 Å². The maximum absolute atomic E-state index is 12.7. The molecule has 2 rings (SSSR count). The largest absolute Gasteiger partial charge is 0.218 e. The lowest BCUT2D eigenvalue weighted by Gasteiger charge is -2.21. The molecule has 0 atom stereocenters. The second kappa shape index (κ2) is 8.09. The van der Waals surface area contributed by atoms with Gasteiger partial charge in [-0.25, -0.2) is 8.42 Å². The van der Waals surface area contributed by atoms with Crippen LogP contribution in [-0.4, -0.2) is 25.8 Å². The van der Waals surface area contributed by atoms with E-state index in [2.05, 4.69) is 6.58 Å². The molecule has 0 amide bonds. The number of hydrogen-bond acceptors (Lipinski definition) is 2. The first-order valence-electron chi connectivity index (χ1n) is 7.70. The van der Waals surface area contributed by atoms with Crippen LogP contribution in [0.25, 0.3) is 0 Å². The molecule has 0 unspecified atom stereocenters. The van der Waals surface area contributed by atoms with E-state index in [0.29, 0.717) is 19.5 Å². The summed E-state index contributed by atoms with van der Waals surface area (Å²) in [5.41, 5.74) is 2.98. The smallest absolute Gasteiger partial charge is 0.212 e. The van der Waals surface area contributed by atoms with Gasteiger partial charge < -0.3 is 0 Å². The van der Waals surface area contributed by atoms with Crippen molar-refractivity contribution in [2.75, 3.05) is 13.1 Å². The van der Waals surface area contributed by atoms with Crippen LogP contribution < -0.4 is 0 Å². The highest BCUT2D eigenvalue weighted by Gasteiger charge is 2.21. The van der Waals surface area contributed by atoms with Crippen molar-refractivity contribution in [3.05, 3.63) is 83.9 Å². The van der Waals surface area contributed by atoms with Crippen molar-refractivity contribution in [2.24, 2.45) is 0 Å². The minimum atomic E-state index is -3.37. The van der Waals surface area contributed by atoms with Crippen LogP contribution in [-0.2, 0) is 22.2 Å². The third kappa shape index (κ3) is 5.05. The Morgan fingerprint density at radius 1 is 1.04 bits per heavy atom. The second-order valence-electron chi connectivity index (χ2n) is 5.56. The van der Waals surface area contributed by atoms with E-state index in [1.165, 1.54) is 4.31 Å². The van der Waals surface area contributed by atoms with Crippen LogP contribution >= 0.6 is 0 Å². The molecule has 122 valence electrons. The summed E-state index contributed by atoms with van der Waals surface area (Å²) in [6.45, 7) is 6.42. The van der Waals surface area contributed by atoms with E-state index in [4.69, 9.17) is 0 Å². The number of benzene rings is 2. The van der Waals surface area contributed by atoms with Gasteiger partial charge in [0.1, 0.15) is 0 Å². The predicted molar refractivity (Wildman–Crippen MR) is 95.7 cm³/mol. The normalized spacial score (nSPS) is 11.6. The molecule has 0 radical (unpaired) electrons. The molecule has 0 aromatic heterocycles. The third-order valence-corrected chi connectivity index (χ3v) is 5.61. The average Bonchev–Trinajstić information content (AvgIpc) is 2.54. The van der Waals surface area contributed by atoms with Crippen molar-refractivity contribution in [2.45, 2.75) is 19.1 Å². The molecule has 0 heterocycles. The Kier molecular flexibility index (Phi) is 6.13. The maximum Gasteiger partial charge on any atom is 0.218 e. The van der Waals surface area contributed by atoms with E-state index in [1.54, 1.807) is 6.08 Å². The van der Waals surface area contributed by atoms with Crippen LogP contribution in [0.2, 0.25) is 0 Å². The highest BCUT2D eigenvalue weighted by atomic mass is 32.2. The van der Waals surface area contributed by atoms with Crippen molar-refractivity contribution in [3.63, 3.8) is 0 Å². The Labute approximate surface area is 139 Å². The molecular formula is C19H23NO2S. The van der Waals surface area contributed by atoms with Gasteiger partial charge in [0, 0.05) is 13.1 Å². The number of sulfonamides is 1. The standard InChI is InChI=1S/C19H23NO2S/c1-3-14-20(15-13-18-10-5-4-6-11-18)23(21,22)16-19-12-8-7-9-17(19)2/h3-12H,1,13-16H2,2H3. The van der Waals surface area contributed by atoms with E-state index in [0.717, 1.165) is 16.7 Å². The summed E-state index contributed by atoms with van der Waals surface area (Å²) < 4.78 is 27.0. The topological polar surface area (TPSA) is 37.4 Å². The zero-order valence-electron chi connectivity index (χ0n) is 13.5. The van der Waals surface area contributed by atoms with Crippen molar-refractivity contribution in [1.82, 2.24) is 4.31 Å². The molecule has 0 aliphatic carbocycles. The number of rotatable bonds is 8. The summed E-state index contributed by atoms with van der Waals surface area (Å²) in [6.07, 6.45) is 2.34. The Bertz CT molecular complexity index is 739. The van der Waals surface area contributed by atoms with Crippen LogP contribution in [0, 0.1) is 6.92 Å². The molecule has 2 aromatic carbocycles. The minimum absolute atomic E-state index is 0.0301. The summed E-state index contributed by atoms with van der Waals surface area (Å²) in [5, 5.41) is 0. The molecule has 0 spiro atoms. The molecular weight excluding hydrogens is 306 g/mol. The van der Waals surface area contributed by atoms with Crippen LogP contribution in [0.5, 0.6) is 0 Å². The highest BCUT2D eigenvalue weighted by molar-refractivity contribution is 7.88. The van der Waals surface area contributed by atoms with Gasteiger partial charge in [-0.15, -0.1) is 6.58 Å². The first-order chi connectivity index (χ1) is 11.0. The Morgan fingerprint density at radius 3 is 2.35 bits per heavy atom. The van der Waals surface area contributed by atoms with Crippen LogP contribution in [0.3, 0.4) is 0 Å². The number of hydrogen-bond donors (Lipinski definition) is 0. The zero-order valence-corrected chi connectivity index (χ0v) is 14.3. The van der Waals surface area contributed by atoms with E-state index < -0.39 is 10.0 Å². The Balaban J connectivity index is 2.12. The van der Waals surface area contributed by atoms with Gasteiger partial charge in [-0.1, -0.05) is 60.7 Å². The number of aryl methyl sites for hydroxylation is 1. The Hall–Kier alpha value is -1.91. The molecule has 0 aliphatic heterocycles. The van der Waals surface area contributed by atoms with Crippen molar-refractivity contribution < 1.29 is 8.42 Å². The molecule has 0 bridgehead atoms. The van der Waals surface area contributed by atoms with Gasteiger partial charge in [-0.05, 0) is 30.0 Å². The van der Waals surface area contributed by atoms with Gasteiger partial charge in [0.15, 0.2) is 0 Å². The lowest BCUT2D eigenvalue weighted by Crippen LogP contribution is -2.34. The van der Waals surface area contributed by atoms with Gasteiger partial charge in [-0.2, -0.15) is 4.31 Å². The molecule has 0 fully saturated rings. The number of nitrogens with zero attached hydrogens (tertiary/aromatic N) is 1. The van der Waals surface area contributed by atoms with Gasteiger partial charge in [0.25, 0.3) is 0 Å². The van der Waals surface area contributed by atoms with E-state index in [1.807, 2.05) is 61.5 Å². The molecule has 0 saturated heterocycles. The lowest BCUT2D eigenvalue weighted by molar-refractivity contribution is 0.444. The zero-order chi connectivity index (χ0) is 16.7. The molecule has 3 nitrogen and oxygen atoms in total. The monoisotopic (exact) mass is 329 g/mol. The first-order valence-corrected chi connectivity index (χ1v) is 9.31. The quantitative estimate of drug-likeness (QED) is 0.695. The first kappa shape index (κ1) is 17.4. The molecule has 0 saturated carbocycles. The molecule has 2 aromatic rings. The van der Waals surface area contributed by atoms with Crippen molar-refractivity contribution >= 4 is 10.0 Å². The fourth-order valence-corrected chi connectivity index (χ4v) is 4.05.